The Morgan fingerprint density at radius 2 is 1.15 bits per heavy atom. The number of ether oxygens (including phenoxy) is 3. The normalized spacial score (nSPS) is 30.9. The summed E-state index contributed by atoms with van der Waals surface area (Å²) in [7, 11) is 0.714. The summed E-state index contributed by atoms with van der Waals surface area (Å²) in [5.74, 6) is -6.14. The summed E-state index contributed by atoms with van der Waals surface area (Å²) in [4.78, 5) is 12.5. The number of rotatable bonds is 8. The van der Waals surface area contributed by atoms with E-state index in [-0.39, 0.29) is 12.8 Å². The van der Waals surface area contributed by atoms with Gasteiger partial charge in [0.1, 0.15) is 6.79 Å². The van der Waals surface area contributed by atoms with E-state index in [1.165, 1.54) is 6.92 Å². The highest BCUT2D eigenvalue weighted by Crippen LogP contribution is 2.77. The van der Waals surface area contributed by atoms with Crippen LogP contribution in [0.4, 0.5) is 52.7 Å². The highest BCUT2D eigenvalue weighted by atomic mass is 19.4. The van der Waals surface area contributed by atoms with Crippen LogP contribution in [0.3, 0.4) is 0 Å². The molecular formula is C23H28F12O4. The van der Waals surface area contributed by atoms with Gasteiger partial charge in [0.05, 0.1) is 5.92 Å². The number of methoxy groups -OCH3 is 1. The second-order valence-corrected chi connectivity index (χ2v) is 11.2. The van der Waals surface area contributed by atoms with Gasteiger partial charge in [0.25, 0.3) is 5.60 Å². The molecule has 0 heterocycles. The molecule has 4 bridgehead atoms. The molecule has 0 N–H and O–H groups in total. The van der Waals surface area contributed by atoms with Crippen LogP contribution in [-0.2, 0) is 19.0 Å². The number of hydrogen-bond donors (Lipinski definition) is 0. The summed E-state index contributed by atoms with van der Waals surface area (Å²) in [5, 5.41) is 0. The zero-order valence-electron chi connectivity index (χ0n) is 21.1. The molecule has 16 heteroatoms. The fraction of sp³-hybridized carbons (Fsp3) is 0.957. The fourth-order valence-electron chi connectivity index (χ4n) is 7.72. The van der Waals surface area contributed by atoms with Crippen molar-refractivity contribution in [3.63, 3.8) is 0 Å². The van der Waals surface area contributed by atoms with Crippen molar-refractivity contribution in [2.24, 2.45) is 28.6 Å². The van der Waals surface area contributed by atoms with Crippen LogP contribution in [0, 0.1) is 28.6 Å². The van der Waals surface area contributed by atoms with E-state index >= 15 is 0 Å². The Morgan fingerprint density at radius 3 is 1.49 bits per heavy atom. The molecule has 4 rings (SSSR count). The fourth-order valence-corrected chi connectivity index (χ4v) is 7.72. The summed E-state index contributed by atoms with van der Waals surface area (Å²) in [6.07, 6.45) is -31.7. The molecule has 4 aliphatic carbocycles. The van der Waals surface area contributed by atoms with E-state index < -0.39 is 109 Å². The van der Waals surface area contributed by atoms with Gasteiger partial charge in [0, 0.05) is 17.9 Å². The lowest BCUT2D eigenvalue weighted by atomic mass is 9.37. The zero-order chi connectivity index (χ0) is 30.1. The van der Waals surface area contributed by atoms with E-state index in [0.29, 0.717) is 7.11 Å². The monoisotopic (exact) mass is 596 g/mol. The Kier molecular flexibility index (Phi) is 7.85. The molecule has 0 spiro atoms. The SMILES string of the molecule is CCC(C)C(=O)OC(C(F)(F)F)(C(F)(F)F)C12CC3CC(CC(C(OCOC)(C(F)(F)F)C(F)(F)F)(C3)C1)C2. The molecule has 228 valence electrons. The molecule has 0 radical (unpaired) electrons. The van der Waals surface area contributed by atoms with Gasteiger partial charge in [-0.1, -0.05) is 13.8 Å². The van der Waals surface area contributed by atoms with Crippen molar-refractivity contribution in [2.75, 3.05) is 13.9 Å². The maximum Gasteiger partial charge on any atom is 0.438 e. The van der Waals surface area contributed by atoms with Gasteiger partial charge in [0.15, 0.2) is 0 Å². The van der Waals surface area contributed by atoms with Gasteiger partial charge in [0.2, 0.25) is 0 Å². The number of alkyl halides is 12. The summed E-state index contributed by atoms with van der Waals surface area (Å²) < 4.78 is 188. The first-order valence-corrected chi connectivity index (χ1v) is 12.1. The number of carbonyl (C=O) groups is 1. The minimum absolute atomic E-state index is 0.176. The smallest absolute Gasteiger partial charge is 0.438 e. The number of hydrogen-bond acceptors (Lipinski definition) is 4. The molecule has 4 nitrogen and oxygen atoms in total. The topological polar surface area (TPSA) is 44.8 Å². The average Bonchev–Trinajstić information content (AvgIpc) is 2.72. The van der Waals surface area contributed by atoms with E-state index in [1.54, 1.807) is 0 Å². The van der Waals surface area contributed by atoms with Gasteiger partial charge in [-0.05, 0) is 56.8 Å². The van der Waals surface area contributed by atoms with Gasteiger partial charge in [-0.2, -0.15) is 52.7 Å². The molecule has 0 aliphatic heterocycles. The number of halogens is 12. The molecule has 39 heavy (non-hydrogen) atoms. The maximum atomic E-state index is 14.7. The highest BCUT2D eigenvalue weighted by Gasteiger charge is 2.90. The second kappa shape index (κ2) is 9.55. The van der Waals surface area contributed by atoms with E-state index in [2.05, 4.69) is 14.2 Å². The third kappa shape index (κ3) is 4.49. The van der Waals surface area contributed by atoms with Crippen LogP contribution in [0.5, 0.6) is 0 Å². The van der Waals surface area contributed by atoms with Gasteiger partial charge in [-0.3, -0.25) is 4.79 Å². The third-order valence-electron chi connectivity index (χ3n) is 8.81. The predicted octanol–water partition coefficient (Wildman–Crippen LogP) is 7.51. The molecule has 0 aromatic carbocycles. The van der Waals surface area contributed by atoms with E-state index in [0.717, 1.165) is 6.92 Å². The van der Waals surface area contributed by atoms with Gasteiger partial charge in [-0.25, -0.2) is 0 Å². The van der Waals surface area contributed by atoms with E-state index in [1.807, 2.05) is 0 Å². The third-order valence-corrected chi connectivity index (χ3v) is 8.81. The van der Waals surface area contributed by atoms with Crippen molar-refractivity contribution in [3.05, 3.63) is 0 Å². The maximum absolute atomic E-state index is 14.7. The highest BCUT2D eigenvalue weighted by molar-refractivity contribution is 5.72. The quantitative estimate of drug-likeness (QED) is 0.165. The first-order chi connectivity index (χ1) is 17.5. The Labute approximate surface area is 215 Å². The van der Waals surface area contributed by atoms with Crippen LogP contribution < -0.4 is 0 Å². The minimum atomic E-state index is -6.42. The number of carbonyl (C=O) groups excluding carboxylic acids is 1. The zero-order valence-corrected chi connectivity index (χ0v) is 21.1. The summed E-state index contributed by atoms with van der Waals surface area (Å²) in [6.45, 7) is 0.691. The molecule has 4 saturated carbocycles. The van der Waals surface area contributed by atoms with Crippen LogP contribution in [0.1, 0.15) is 58.8 Å². The minimum Gasteiger partial charge on any atom is -0.439 e. The summed E-state index contributed by atoms with van der Waals surface area (Å²) >= 11 is 0. The largest absolute Gasteiger partial charge is 0.439 e. The first-order valence-electron chi connectivity index (χ1n) is 12.1. The van der Waals surface area contributed by atoms with Crippen molar-refractivity contribution in [1.82, 2.24) is 0 Å². The molecular weight excluding hydrogens is 568 g/mol. The molecule has 3 atom stereocenters. The van der Waals surface area contributed by atoms with E-state index in [9.17, 15) is 57.5 Å². The van der Waals surface area contributed by atoms with Crippen LogP contribution in [0.15, 0.2) is 0 Å². The average molecular weight is 596 g/mol. The Balaban J connectivity index is 2.37. The molecule has 0 amide bonds. The van der Waals surface area contributed by atoms with Crippen molar-refractivity contribution >= 4 is 5.97 Å². The molecule has 0 aromatic rings. The number of esters is 1. The molecule has 4 aliphatic rings. The lowest BCUT2D eigenvalue weighted by Gasteiger charge is -2.69. The van der Waals surface area contributed by atoms with Crippen molar-refractivity contribution in [3.8, 4) is 0 Å². The molecule has 0 saturated heterocycles. The Hall–Kier alpha value is -1.45. The van der Waals surface area contributed by atoms with Crippen molar-refractivity contribution in [1.29, 1.82) is 0 Å². The van der Waals surface area contributed by atoms with Gasteiger partial charge < -0.3 is 14.2 Å². The van der Waals surface area contributed by atoms with Crippen LogP contribution in [0.2, 0.25) is 0 Å². The van der Waals surface area contributed by atoms with Crippen molar-refractivity contribution < 1.29 is 71.7 Å². The summed E-state index contributed by atoms with van der Waals surface area (Å²) in [6, 6.07) is 0. The lowest BCUT2D eigenvalue weighted by molar-refractivity contribution is -0.460. The van der Waals surface area contributed by atoms with Gasteiger partial charge in [-0.15, -0.1) is 0 Å². The Bertz CT molecular complexity index is 878. The standard InChI is InChI=1S/C23H28F12O4/c1-4-12(2)15(36)39-19(22(30,31)32,23(33,34)35)17-8-13-5-14(9-17)7-16(6-13,10-17)18(20(24,25)26,21(27,28)29)38-11-37-3/h12-14H,4-11H2,1-3H3. The molecule has 3 unspecified atom stereocenters. The van der Waals surface area contributed by atoms with Crippen molar-refractivity contribution in [2.45, 2.75) is 94.7 Å². The summed E-state index contributed by atoms with van der Waals surface area (Å²) in [5.41, 5.74) is -17.1. The van der Waals surface area contributed by atoms with Crippen LogP contribution in [0.25, 0.3) is 0 Å². The van der Waals surface area contributed by atoms with E-state index in [4.69, 9.17) is 0 Å². The van der Waals surface area contributed by atoms with Gasteiger partial charge >= 0.3 is 36.3 Å². The second-order valence-electron chi connectivity index (χ2n) is 11.2. The lowest BCUT2D eigenvalue weighted by Crippen LogP contribution is -2.78. The molecule has 4 fully saturated rings. The predicted molar refractivity (Wildman–Crippen MR) is 108 cm³/mol. The van der Waals surface area contributed by atoms with Crippen LogP contribution >= 0.6 is 0 Å². The Morgan fingerprint density at radius 1 is 0.769 bits per heavy atom. The van der Waals surface area contributed by atoms with Crippen LogP contribution in [-0.4, -0.2) is 55.8 Å². The molecule has 0 aromatic heterocycles. The first kappa shape index (κ1) is 32.1.